The third kappa shape index (κ3) is 1.91. The fraction of sp³-hybridized carbons (Fsp3) is 0.615. The standard InChI is InChI=1S/C13H18N2/c1-2-10(3-1)6-11-7-12-9-14-5-4-13(12)15-8-11/h7-8,10,14H,1-6,9H2. The predicted octanol–water partition coefficient (Wildman–Crippen LogP) is 2.07. The smallest absolute Gasteiger partial charge is 0.0461 e. The van der Waals surface area contributed by atoms with Gasteiger partial charge in [-0.1, -0.05) is 25.3 Å². The van der Waals surface area contributed by atoms with Crippen molar-refractivity contribution >= 4 is 0 Å². The van der Waals surface area contributed by atoms with E-state index in [0.717, 1.165) is 25.4 Å². The van der Waals surface area contributed by atoms with Crippen LogP contribution in [0.25, 0.3) is 0 Å². The molecule has 0 unspecified atom stereocenters. The van der Waals surface area contributed by atoms with Crippen LogP contribution < -0.4 is 5.32 Å². The summed E-state index contributed by atoms with van der Waals surface area (Å²) in [6.45, 7) is 2.10. The van der Waals surface area contributed by atoms with Crippen molar-refractivity contribution in [3.63, 3.8) is 0 Å². The highest BCUT2D eigenvalue weighted by Gasteiger charge is 2.18. The van der Waals surface area contributed by atoms with Crippen LogP contribution in [0.5, 0.6) is 0 Å². The summed E-state index contributed by atoms with van der Waals surface area (Å²) in [6.07, 6.45) is 8.73. The Hall–Kier alpha value is -0.890. The van der Waals surface area contributed by atoms with Crippen LogP contribution in [0.1, 0.15) is 36.1 Å². The van der Waals surface area contributed by atoms with Crippen LogP contribution in [-0.4, -0.2) is 11.5 Å². The van der Waals surface area contributed by atoms with Gasteiger partial charge < -0.3 is 5.32 Å². The molecule has 3 rings (SSSR count). The molecule has 80 valence electrons. The van der Waals surface area contributed by atoms with E-state index in [2.05, 4.69) is 22.6 Å². The van der Waals surface area contributed by atoms with E-state index < -0.39 is 0 Å². The van der Waals surface area contributed by atoms with E-state index in [4.69, 9.17) is 0 Å². The topological polar surface area (TPSA) is 24.9 Å². The van der Waals surface area contributed by atoms with E-state index in [-0.39, 0.29) is 0 Å². The second kappa shape index (κ2) is 3.93. The Kier molecular flexibility index (Phi) is 2.45. The van der Waals surface area contributed by atoms with Crippen molar-refractivity contribution < 1.29 is 0 Å². The van der Waals surface area contributed by atoms with E-state index >= 15 is 0 Å². The minimum atomic E-state index is 0.946. The van der Waals surface area contributed by atoms with Gasteiger partial charge in [-0.3, -0.25) is 4.98 Å². The SMILES string of the molecule is c1nc2c(cc1CC1CCC1)CNCC2. The quantitative estimate of drug-likeness (QED) is 0.794. The number of nitrogens with zero attached hydrogens (tertiary/aromatic N) is 1. The van der Waals surface area contributed by atoms with Gasteiger partial charge in [0.1, 0.15) is 0 Å². The van der Waals surface area contributed by atoms with Crippen molar-refractivity contribution in [3.05, 3.63) is 29.1 Å². The summed E-state index contributed by atoms with van der Waals surface area (Å²) in [4.78, 5) is 4.59. The number of hydrogen-bond acceptors (Lipinski definition) is 2. The number of fused-ring (bicyclic) bond motifs is 1. The van der Waals surface area contributed by atoms with Crippen molar-refractivity contribution in [1.29, 1.82) is 0 Å². The lowest BCUT2D eigenvalue weighted by molar-refractivity contribution is 0.314. The van der Waals surface area contributed by atoms with Crippen molar-refractivity contribution in [2.24, 2.45) is 5.92 Å². The molecule has 0 bridgehead atoms. The van der Waals surface area contributed by atoms with Crippen molar-refractivity contribution in [3.8, 4) is 0 Å². The Morgan fingerprint density at radius 2 is 2.33 bits per heavy atom. The average Bonchev–Trinajstić information content (AvgIpc) is 2.23. The average molecular weight is 202 g/mol. The Balaban J connectivity index is 1.77. The molecule has 2 aliphatic rings. The number of hydrogen-bond donors (Lipinski definition) is 1. The highest BCUT2D eigenvalue weighted by Crippen LogP contribution is 2.30. The fourth-order valence-corrected chi connectivity index (χ4v) is 2.54. The fourth-order valence-electron chi connectivity index (χ4n) is 2.54. The van der Waals surface area contributed by atoms with E-state index in [0.29, 0.717) is 0 Å². The van der Waals surface area contributed by atoms with Crippen molar-refractivity contribution in [2.45, 2.75) is 38.6 Å². The molecule has 1 saturated carbocycles. The predicted molar refractivity (Wildman–Crippen MR) is 60.7 cm³/mol. The molecular weight excluding hydrogens is 184 g/mol. The molecular formula is C13H18N2. The zero-order valence-electron chi connectivity index (χ0n) is 9.13. The van der Waals surface area contributed by atoms with Gasteiger partial charge >= 0.3 is 0 Å². The van der Waals surface area contributed by atoms with Crippen LogP contribution >= 0.6 is 0 Å². The molecule has 0 aromatic carbocycles. The normalized spacial score (nSPS) is 20.8. The Bertz CT molecular complexity index is 356. The molecule has 0 amide bonds. The molecule has 1 aromatic heterocycles. The number of pyridine rings is 1. The first-order valence-corrected chi connectivity index (χ1v) is 6.09. The largest absolute Gasteiger partial charge is 0.312 e. The maximum Gasteiger partial charge on any atom is 0.0461 e. The number of nitrogens with one attached hydrogen (secondary N) is 1. The van der Waals surface area contributed by atoms with Gasteiger partial charge in [0.15, 0.2) is 0 Å². The van der Waals surface area contributed by atoms with Crippen LogP contribution in [0.4, 0.5) is 0 Å². The van der Waals surface area contributed by atoms with Crippen LogP contribution in [-0.2, 0) is 19.4 Å². The zero-order valence-corrected chi connectivity index (χ0v) is 9.13. The summed E-state index contributed by atoms with van der Waals surface area (Å²) < 4.78 is 0. The summed E-state index contributed by atoms with van der Waals surface area (Å²) in [6, 6.07) is 2.37. The third-order valence-electron chi connectivity index (χ3n) is 3.72. The summed E-state index contributed by atoms with van der Waals surface area (Å²) in [5.74, 6) is 0.946. The molecule has 0 saturated heterocycles. The molecule has 2 heteroatoms. The molecule has 1 aliphatic heterocycles. The van der Waals surface area contributed by atoms with E-state index in [1.807, 2.05) is 0 Å². The Labute approximate surface area is 91.1 Å². The van der Waals surface area contributed by atoms with Gasteiger partial charge in [-0.15, -0.1) is 0 Å². The van der Waals surface area contributed by atoms with Gasteiger partial charge in [0.2, 0.25) is 0 Å². The molecule has 1 aliphatic carbocycles. The Morgan fingerprint density at radius 3 is 3.13 bits per heavy atom. The molecule has 1 aromatic rings. The molecule has 1 fully saturated rings. The second-order valence-electron chi connectivity index (χ2n) is 4.88. The molecule has 0 atom stereocenters. The number of rotatable bonds is 2. The number of aromatic nitrogens is 1. The first-order chi connectivity index (χ1) is 7.42. The van der Waals surface area contributed by atoms with Crippen molar-refractivity contribution in [2.75, 3.05) is 6.54 Å². The minimum absolute atomic E-state index is 0.946. The van der Waals surface area contributed by atoms with Crippen LogP contribution in [0.2, 0.25) is 0 Å². The van der Waals surface area contributed by atoms with Gasteiger partial charge in [0.25, 0.3) is 0 Å². The lowest BCUT2D eigenvalue weighted by Crippen LogP contribution is -2.25. The molecule has 2 nitrogen and oxygen atoms in total. The minimum Gasteiger partial charge on any atom is -0.312 e. The highest BCUT2D eigenvalue weighted by atomic mass is 14.9. The summed E-state index contributed by atoms with van der Waals surface area (Å²) >= 11 is 0. The van der Waals surface area contributed by atoms with Gasteiger partial charge in [-0.05, 0) is 23.5 Å². The molecule has 0 radical (unpaired) electrons. The Morgan fingerprint density at radius 1 is 1.40 bits per heavy atom. The molecule has 2 heterocycles. The second-order valence-corrected chi connectivity index (χ2v) is 4.88. The van der Waals surface area contributed by atoms with Crippen LogP contribution in [0.15, 0.2) is 12.3 Å². The summed E-state index contributed by atoms with van der Waals surface area (Å²) in [7, 11) is 0. The first-order valence-electron chi connectivity index (χ1n) is 6.09. The lowest BCUT2D eigenvalue weighted by atomic mass is 9.81. The van der Waals surface area contributed by atoms with Gasteiger partial charge in [-0.2, -0.15) is 0 Å². The summed E-state index contributed by atoms with van der Waals surface area (Å²) in [5.41, 5.74) is 4.19. The molecule has 1 N–H and O–H groups in total. The van der Waals surface area contributed by atoms with E-state index in [1.165, 1.54) is 42.5 Å². The summed E-state index contributed by atoms with van der Waals surface area (Å²) in [5, 5.41) is 3.41. The lowest BCUT2D eigenvalue weighted by Gasteiger charge is -2.26. The van der Waals surface area contributed by atoms with E-state index in [1.54, 1.807) is 0 Å². The highest BCUT2D eigenvalue weighted by molar-refractivity contribution is 5.27. The molecule has 15 heavy (non-hydrogen) atoms. The monoisotopic (exact) mass is 202 g/mol. The van der Waals surface area contributed by atoms with Gasteiger partial charge in [0, 0.05) is 31.4 Å². The van der Waals surface area contributed by atoms with Crippen LogP contribution in [0, 0.1) is 5.92 Å². The maximum atomic E-state index is 4.59. The van der Waals surface area contributed by atoms with E-state index in [9.17, 15) is 0 Å². The maximum absolute atomic E-state index is 4.59. The van der Waals surface area contributed by atoms with Gasteiger partial charge in [-0.25, -0.2) is 0 Å². The molecule has 0 spiro atoms. The zero-order chi connectivity index (χ0) is 10.1. The third-order valence-corrected chi connectivity index (χ3v) is 3.72. The van der Waals surface area contributed by atoms with Gasteiger partial charge in [0.05, 0.1) is 0 Å². The first kappa shape index (κ1) is 9.34. The van der Waals surface area contributed by atoms with Crippen LogP contribution in [0.3, 0.4) is 0 Å². The van der Waals surface area contributed by atoms with Crippen molar-refractivity contribution in [1.82, 2.24) is 10.3 Å².